The molecule has 19 heavy (non-hydrogen) atoms. The maximum Gasteiger partial charge on any atom is 0.484 e. The molecule has 0 heterocycles. The Bertz CT molecular complexity index is 539. The first-order chi connectivity index (χ1) is 9.03. The van der Waals surface area contributed by atoms with Crippen molar-refractivity contribution in [2.75, 3.05) is 13.7 Å². The molecule has 1 unspecified atom stereocenters. The van der Waals surface area contributed by atoms with Gasteiger partial charge in [-0.1, -0.05) is 30.3 Å². The van der Waals surface area contributed by atoms with Crippen molar-refractivity contribution in [3.63, 3.8) is 0 Å². The van der Waals surface area contributed by atoms with Gasteiger partial charge in [-0.25, -0.2) is 9.36 Å². The summed E-state index contributed by atoms with van der Waals surface area (Å²) in [4.78, 5) is 13.2. The van der Waals surface area contributed by atoms with E-state index in [1.807, 2.05) is 30.3 Å². The summed E-state index contributed by atoms with van der Waals surface area (Å²) in [5.41, 5.74) is 8.45. The van der Waals surface area contributed by atoms with E-state index in [0.717, 1.165) is 12.7 Å². The van der Waals surface area contributed by atoms with Crippen molar-refractivity contribution in [1.29, 1.82) is 0 Å². The van der Waals surface area contributed by atoms with Crippen LogP contribution in [0.5, 0.6) is 0 Å². The number of benzene rings is 1. The third-order valence-electron chi connectivity index (χ3n) is 2.28. The highest BCUT2D eigenvalue weighted by molar-refractivity contribution is 7.74. The van der Waals surface area contributed by atoms with Gasteiger partial charge < -0.3 is 15.2 Å². The smallest absolute Gasteiger partial charge is 0.472 e. The fourth-order valence-corrected chi connectivity index (χ4v) is 2.42. The molecule has 0 bridgehead atoms. The Morgan fingerprint density at radius 3 is 2.53 bits per heavy atom. The molecule has 0 saturated heterocycles. The fourth-order valence-electron chi connectivity index (χ4n) is 1.34. The monoisotopic (exact) mass is 284 g/mol. The highest BCUT2D eigenvalue weighted by atomic mass is 31.2. The minimum atomic E-state index is -4.10. The summed E-state index contributed by atoms with van der Waals surface area (Å²) < 4.78 is 21.5. The molecule has 0 radical (unpaired) electrons. The predicted octanol–water partition coefficient (Wildman–Crippen LogP) is 1.80. The number of carboxylic acids is 1. The lowest BCUT2D eigenvalue weighted by Crippen LogP contribution is -2.18. The van der Waals surface area contributed by atoms with Crippen LogP contribution in [0.4, 0.5) is 0 Å². The highest BCUT2D eigenvalue weighted by Gasteiger charge is 2.45. The van der Waals surface area contributed by atoms with Crippen molar-refractivity contribution in [2.24, 2.45) is 0 Å². The number of rotatable bonds is 7. The van der Waals surface area contributed by atoms with Gasteiger partial charge in [0.05, 0.1) is 6.61 Å². The molecular weight excluding hydrogens is 271 g/mol. The molecule has 1 aromatic carbocycles. The van der Waals surface area contributed by atoms with Crippen LogP contribution in [0.1, 0.15) is 5.56 Å². The van der Waals surface area contributed by atoms with Gasteiger partial charge in [-0.3, -0.25) is 4.52 Å². The minimum Gasteiger partial charge on any atom is -0.472 e. The normalized spacial score (nSPS) is 13.3. The number of hydrogen-bond donors (Lipinski definition) is 1. The standard InChI is InChI=1S/C11H13N2O5P/c1-17-19(16,10(13-12)11(14)15)18-8-7-9-5-3-2-4-6-9/h2-6H,7-8H2,1H3,(H,14,15). The molecule has 0 saturated carbocycles. The Labute approximate surface area is 109 Å². The molecule has 0 aliphatic rings. The molecule has 1 rings (SSSR count). The van der Waals surface area contributed by atoms with Gasteiger partial charge in [-0.05, 0) is 12.0 Å². The molecule has 102 valence electrons. The van der Waals surface area contributed by atoms with E-state index in [2.05, 4.69) is 9.31 Å². The second-order valence-corrected chi connectivity index (χ2v) is 5.52. The first-order valence-corrected chi connectivity index (χ1v) is 6.88. The molecule has 0 aliphatic carbocycles. The average molecular weight is 284 g/mol. The number of nitrogens with zero attached hydrogens (tertiary/aromatic N) is 2. The van der Waals surface area contributed by atoms with Crippen LogP contribution in [0.3, 0.4) is 0 Å². The lowest BCUT2D eigenvalue weighted by atomic mass is 10.2. The molecule has 0 spiro atoms. The Morgan fingerprint density at radius 2 is 2.05 bits per heavy atom. The van der Waals surface area contributed by atoms with Crippen molar-refractivity contribution in [2.45, 2.75) is 6.42 Å². The summed E-state index contributed by atoms with van der Waals surface area (Å²) in [5.74, 6) is -1.66. The van der Waals surface area contributed by atoms with Crippen LogP contribution in [0, 0.1) is 0 Å². The number of carbonyl (C=O) groups is 1. The van der Waals surface area contributed by atoms with E-state index in [4.69, 9.17) is 15.2 Å². The molecule has 0 aliphatic heterocycles. The summed E-state index contributed by atoms with van der Waals surface area (Å²) in [6.45, 7) is -0.0264. The topological polar surface area (TPSA) is 109 Å². The molecular formula is C11H13N2O5P. The third-order valence-corrected chi connectivity index (χ3v) is 4.08. The zero-order chi connectivity index (χ0) is 14.3. The Balaban J connectivity index is 2.70. The summed E-state index contributed by atoms with van der Waals surface area (Å²) in [6, 6.07) is 9.22. The van der Waals surface area contributed by atoms with Crippen molar-refractivity contribution >= 4 is 19.0 Å². The van der Waals surface area contributed by atoms with Gasteiger partial charge in [-0.15, -0.1) is 4.79 Å². The van der Waals surface area contributed by atoms with Gasteiger partial charge >= 0.3 is 19.0 Å². The zero-order valence-corrected chi connectivity index (χ0v) is 11.1. The highest BCUT2D eigenvalue weighted by Crippen LogP contribution is 2.48. The second kappa shape index (κ2) is 6.97. The maximum atomic E-state index is 12.0. The lowest BCUT2D eigenvalue weighted by molar-refractivity contribution is -0.133. The van der Waals surface area contributed by atoms with Crippen molar-refractivity contribution in [3.8, 4) is 0 Å². The van der Waals surface area contributed by atoms with E-state index in [1.54, 1.807) is 0 Å². The van der Waals surface area contributed by atoms with E-state index < -0.39 is 19.0 Å². The average Bonchev–Trinajstić information content (AvgIpc) is 2.40. The van der Waals surface area contributed by atoms with Crippen LogP contribution in [-0.2, 0) is 24.8 Å². The van der Waals surface area contributed by atoms with E-state index in [1.165, 1.54) is 0 Å². The van der Waals surface area contributed by atoms with E-state index in [-0.39, 0.29) is 6.61 Å². The second-order valence-electron chi connectivity index (χ2n) is 3.48. The van der Waals surface area contributed by atoms with E-state index in [0.29, 0.717) is 6.42 Å². The first kappa shape index (κ1) is 15.3. The summed E-state index contributed by atoms with van der Waals surface area (Å²) in [6.07, 6.45) is 0.423. The summed E-state index contributed by atoms with van der Waals surface area (Å²) in [7, 11) is -3.08. The van der Waals surface area contributed by atoms with E-state index >= 15 is 0 Å². The first-order valence-electron chi connectivity index (χ1n) is 5.33. The van der Waals surface area contributed by atoms with Gasteiger partial charge in [0.1, 0.15) is 0 Å². The SMILES string of the molecule is COP(=O)(OCCc1ccccc1)C(=[N+]=[N-])C(=O)O. The summed E-state index contributed by atoms with van der Waals surface area (Å²) in [5, 5.41) is 8.73. The van der Waals surface area contributed by atoms with Gasteiger partial charge in [0.2, 0.25) is 0 Å². The van der Waals surface area contributed by atoms with Crippen molar-refractivity contribution < 1.29 is 28.3 Å². The lowest BCUT2D eigenvalue weighted by Gasteiger charge is -2.10. The van der Waals surface area contributed by atoms with Crippen LogP contribution >= 0.6 is 7.60 Å². The summed E-state index contributed by atoms with van der Waals surface area (Å²) >= 11 is 0. The van der Waals surface area contributed by atoms with Crippen LogP contribution in [0.25, 0.3) is 5.53 Å². The van der Waals surface area contributed by atoms with Crippen LogP contribution in [-0.4, -0.2) is 35.0 Å². The number of hydrogen-bond acceptors (Lipinski definition) is 4. The quantitative estimate of drug-likeness (QED) is 0.355. The van der Waals surface area contributed by atoms with Gasteiger partial charge in [0, 0.05) is 7.11 Å². The van der Waals surface area contributed by atoms with Crippen LogP contribution in [0.15, 0.2) is 30.3 Å². The molecule has 0 aromatic heterocycles. The number of aliphatic carboxylic acids is 1. The van der Waals surface area contributed by atoms with Crippen molar-refractivity contribution in [3.05, 3.63) is 41.4 Å². The Kier molecular flexibility index (Phi) is 5.60. The largest absolute Gasteiger partial charge is 0.484 e. The maximum absolute atomic E-state index is 12.0. The van der Waals surface area contributed by atoms with Crippen molar-refractivity contribution in [1.82, 2.24) is 0 Å². The molecule has 0 amide bonds. The van der Waals surface area contributed by atoms with Crippen LogP contribution < -0.4 is 0 Å². The third kappa shape index (κ3) is 4.12. The molecule has 1 N–H and O–H groups in total. The van der Waals surface area contributed by atoms with E-state index in [9.17, 15) is 9.36 Å². The molecule has 1 atom stereocenters. The Hall–Kier alpha value is -1.78. The van der Waals surface area contributed by atoms with Gasteiger partial charge in [0.25, 0.3) is 0 Å². The van der Waals surface area contributed by atoms with Crippen LogP contribution in [0.2, 0.25) is 0 Å². The Morgan fingerprint density at radius 1 is 1.42 bits per heavy atom. The number of carboxylic acid groups (broad SMARTS) is 1. The molecule has 7 nitrogen and oxygen atoms in total. The zero-order valence-electron chi connectivity index (χ0n) is 10.2. The van der Waals surface area contributed by atoms with Gasteiger partial charge in [0.15, 0.2) is 0 Å². The molecule has 0 fully saturated rings. The molecule has 8 heteroatoms. The fraction of sp³-hybridized carbons (Fsp3) is 0.273. The van der Waals surface area contributed by atoms with Gasteiger partial charge in [-0.2, -0.15) is 0 Å². The molecule has 1 aromatic rings. The predicted molar refractivity (Wildman–Crippen MR) is 67.0 cm³/mol. The minimum absolute atomic E-state index is 0.0264.